The molecule has 1 aromatic heterocycles. The summed E-state index contributed by atoms with van der Waals surface area (Å²) < 4.78 is 0. The predicted octanol–water partition coefficient (Wildman–Crippen LogP) is 3.40. The molecule has 21 heavy (non-hydrogen) atoms. The Kier molecular flexibility index (Phi) is 5.79. The minimum Gasteiger partial charge on any atom is -0.367 e. The Morgan fingerprint density at radius 3 is 2.38 bits per heavy atom. The number of nitrogens with zero attached hydrogens (tertiary/aromatic N) is 2. The molecular weight excluding hydrogens is 262 g/mol. The lowest BCUT2D eigenvalue weighted by Gasteiger charge is -2.31. The third-order valence-electron chi connectivity index (χ3n) is 4.63. The summed E-state index contributed by atoms with van der Waals surface area (Å²) in [5.74, 6) is 8.83. The number of hydrazine groups is 1. The van der Waals surface area contributed by atoms with Crippen LogP contribution in [0, 0.1) is 12.8 Å². The summed E-state index contributed by atoms with van der Waals surface area (Å²) in [6.45, 7) is 6.34. The van der Waals surface area contributed by atoms with E-state index >= 15 is 0 Å². The maximum atomic E-state index is 5.58. The summed E-state index contributed by atoms with van der Waals surface area (Å²) in [6.07, 6.45) is 8.71. The Balaban J connectivity index is 2.19. The zero-order chi connectivity index (χ0) is 15.2. The van der Waals surface area contributed by atoms with E-state index in [1.165, 1.54) is 32.1 Å². The summed E-state index contributed by atoms with van der Waals surface area (Å²) in [5, 5.41) is 3.67. The van der Waals surface area contributed by atoms with E-state index in [1.54, 1.807) is 0 Å². The standard InChI is InChI=1S/C16H29N5/c1-4-13(12-9-7-6-8-10-12)18-15-11(3)16(21-17)20-14(5-2)19-15/h12-13H,4-10,17H2,1-3H3,(H2,18,19,20,21). The quantitative estimate of drug-likeness (QED) is 0.553. The monoisotopic (exact) mass is 291 g/mol. The summed E-state index contributed by atoms with van der Waals surface area (Å²) in [6, 6.07) is 0.495. The number of nitrogens with two attached hydrogens (primary N) is 1. The minimum atomic E-state index is 0.495. The molecule has 5 heteroatoms. The molecule has 1 fully saturated rings. The first kappa shape index (κ1) is 16.0. The van der Waals surface area contributed by atoms with Crippen LogP contribution in [0.3, 0.4) is 0 Å². The third-order valence-corrected chi connectivity index (χ3v) is 4.63. The molecule has 1 saturated carbocycles. The lowest BCUT2D eigenvalue weighted by Crippen LogP contribution is -2.31. The molecule has 0 amide bonds. The highest BCUT2D eigenvalue weighted by atomic mass is 15.3. The normalized spacial score (nSPS) is 17.5. The number of aromatic nitrogens is 2. The van der Waals surface area contributed by atoms with Crippen LogP contribution in [0.5, 0.6) is 0 Å². The molecular formula is C16H29N5. The Hall–Kier alpha value is -1.36. The number of hydrogen-bond donors (Lipinski definition) is 3. The summed E-state index contributed by atoms with van der Waals surface area (Å²) >= 11 is 0. The van der Waals surface area contributed by atoms with Gasteiger partial charge in [0.25, 0.3) is 0 Å². The number of nitrogen functional groups attached to an aromatic ring is 1. The Morgan fingerprint density at radius 1 is 1.14 bits per heavy atom. The maximum absolute atomic E-state index is 5.58. The highest BCUT2D eigenvalue weighted by Crippen LogP contribution is 2.30. The van der Waals surface area contributed by atoms with Gasteiger partial charge >= 0.3 is 0 Å². The summed E-state index contributed by atoms with van der Waals surface area (Å²) in [5.41, 5.74) is 3.69. The van der Waals surface area contributed by atoms with Crippen LogP contribution in [0.2, 0.25) is 0 Å². The molecule has 5 nitrogen and oxygen atoms in total. The van der Waals surface area contributed by atoms with Crippen molar-refractivity contribution in [1.29, 1.82) is 0 Å². The van der Waals surface area contributed by atoms with Crippen LogP contribution in [-0.4, -0.2) is 16.0 Å². The van der Waals surface area contributed by atoms with E-state index in [0.717, 1.165) is 41.8 Å². The SMILES string of the molecule is CCc1nc(NN)c(C)c(NC(CC)C2CCCCC2)n1. The zero-order valence-electron chi connectivity index (χ0n) is 13.6. The molecule has 1 aliphatic rings. The molecule has 0 saturated heterocycles. The van der Waals surface area contributed by atoms with Crippen molar-refractivity contribution < 1.29 is 0 Å². The molecule has 118 valence electrons. The average molecular weight is 291 g/mol. The lowest BCUT2D eigenvalue weighted by atomic mass is 9.83. The van der Waals surface area contributed by atoms with Gasteiger partial charge in [-0.05, 0) is 32.1 Å². The number of aryl methyl sites for hydroxylation is 1. The van der Waals surface area contributed by atoms with E-state index in [0.29, 0.717) is 6.04 Å². The molecule has 1 unspecified atom stereocenters. The van der Waals surface area contributed by atoms with Crippen molar-refractivity contribution >= 4 is 11.6 Å². The van der Waals surface area contributed by atoms with Crippen molar-refractivity contribution in [3.05, 3.63) is 11.4 Å². The molecule has 2 rings (SSSR count). The van der Waals surface area contributed by atoms with Gasteiger partial charge in [0.15, 0.2) is 0 Å². The van der Waals surface area contributed by atoms with Gasteiger partial charge in [0, 0.05) is 18.0 Å². The first-order chi connectivity index (χ1) is 10.2. The van der Waals surface area contributed by atoms with Crippen LogP contribution in [0.25, 0.3) is 0 Å². The van der Waals surface area contributed by atoms with Gasteiger partial charge in [0.1, 0.15) is 17.5 Å². The number of rotatable bonds is 6. The molecule has 1 aromatic rings. The molecule has 0 aromatic carbocycles. The van der Waals surface area contributed by atoms with Crippen molar-refractivity contribution in [2.24, 2.45) is 11.8 Å². The fourth-order valence-electron chi connectivity index (χ4n) is 3.27. The van der Waals surface area contributed by atoms with Crippen LogP contribution in [0.15, 0.2) is 0 Å². The molecule has 0 bridgehead atoms. The first-order valence-electron chi connectivity index (χ1n) is 8.30. The molecule has 1 heterocycles. The van der Waals surface area contributed by atoms with Crippen molar-refractivity contribution in [3.63, 3.8) is 0 Å². The minimum absolute atomic E-state index is 0.495. The second-order valence-electron chi connectivity index (χ2n) is 6.02. The molecule has 0 spiro atoms. The summed E-state index contributed by atoms with van der Waals surface area (Å²) in [4.78, 5) is 9.09. The lowest BCUT2D eigenvalue weighted by molar-refractivity contribution is 0.312. The number of hydrogen-bond acceptors (Lipinski definition) is 5. The van der Waals surface area contributed by atoms with Crippen molar-refractivity contribution in [2.75, 3.05) is 10.7 Å². The van der Waals surface area contributed by atoms with E-state index in [9.17, 15) is 0 Å². The molecule has 0 aliphatic heterocycles. The Bertz CT molecular complexity index is 454. The highest BCUT2D eigenvalue weighted by Gasteiger charge is 2.23. The van der Waals surface area contributed by atoms with E-state index in [4.69, 9.17) is 5.84 Å². The van der Waals surface area contributed by atoms with E-state index in [2.05, 4.69) is 34.6 Å². The van der Waals surface area contributed by atoms with E-state index < -0.39 is 0 Å². The summed E-state index contributed by atoms with van der Waals surface area (Å²) in [7, 11) is 0. The van der Waals surface area contributed by atoms with Gasteiger partial charge in [0.05, 0.1) is 0 Å². The van der Waals surface area contributed by atoms with Crippen LogP contribution in [0.4, 0.5) is 11.6 Å². The molecule has 1 atom stereocenters. The van der Waals surface area contributed by atoms with Gasteiger partial charge in [-0.2, -0.15) is 0 Å². The smallest absolute Gasteiger partial charge is 0.148 e. The van der Waals surface area contributed by atoms with Gasteiger partial charge in [0.2, 0.25) is 0 Å². The average Bonchev–Trinajstić information content (AvgIpc) is 2.54. The third kappa shape index (κ3) is 3.84. The van der Waals surface area contributed by atoms with E-state index in [1.807, 2.05) is 6.92 Å². The van der Waals surface area contributed by atoms with Crippen LogP contribution < -0.4 is 16.6 Å². The number of anilines is 2. The van der Waals surface area contributed by atoms with Gasteiger partial charge in [-0.1, -0.05) is 33.1 Å². The molecule has 1 aliphatic carbocycles. The second kappa shape index (κ2) is 7.59. The van der Waals surface area contributed by atoms with Gasteiger partial charge in [-0.25, -0.2) is 15.8 Å². The second-order valence-corrected chi connectivity index (χ2v) is 6.02. The topological polar surface area (TPSA) is 75.9 Å². The van der Waals surface area contributed by atoms with Crippen LogP contribution in [-0.2, 0) is 6.42 Å². The number of nitrogens with one attached hydrogen (secondary N) is 2. The van der Waals surface area contributed by atoms with Crippen LogP contribution >= 0.6 is 0 Å². The van der Waals surface area contributed by atoms with E-state index in [-0.39, 0.29) is 0 Å². The fraction of sp³-hybridized carbons (Fsp3) is 0.750. The van der Waals surface area contributed by atoms with Gasteiger partial charge in [-0.15, -0.1) is 0 Å². The van der Waals surface area contributed by atoms with Gasteiger partial charge < -0.3 is 10.7 Å². The molecule has 4 N–H and O–H groups in total. The zero-order valence-corrected chi connectivity index (χ0v) is 13.6. The predicted molar refractivity (Wildman–Crippen MR) is 88.2 cm³/mol. The Morgan fingerprint density at radius 2 is 1.81 bits per heavy atom. The maximum Gasteiger partial charge on any atom is 0.148 e. The van der Waals surface area contributed by atoms with Gasteiger partial charge in [-0.3, -0.25) is 0 Å². The Labute approximate surface area is 128 Å². The molecule has 0 radical (unpaired) electrons. The highest BCUT2D eigenvalue weighted by molar-refractivity contribution is 5.57. The van der Waals surface area contributed by atoms with Crippen molar-refractivity contribution in [1.82, 2.24) is 9.97 Å². The first-order valence-corrected chi connectivity index (χ1v) is 8.30. The van der Waals surface area contributed by atoms with Crippen LogP contribution in [0.1, 0.15) is 63.8 Å². The largest absolute Gasteiger partial charge is 0.367 e. The fourth-order valence-corrected chi connectivity index (χ4v) is 3.27. The van der Waals surface area contributed by atoms with Crippen molar-refractivity contribution in [2.45, 2.75) is 71.8 Å². The van der Waals surface area contributed by atoms with Crippen molar-refractivity contribution in [3.8, 4) is 0 Å².